The van der Waals surface area contributed by atoms with Gasteiger partial charge in [0.2, 0.25) is 0 Å². The van der Waals surface area contributed by atoms with Crippen molar-refractivity contribution in [2.75, 3.05) is 26.3 Å². The molecule has 0 aliphatic carbocycles. The molecular formula is C20H23FN4O2. The predicted octanol–water partition coefficient (Wildman–Crippen LogP) is 3.57. The van der Waals surface area contributed by atoms with Crippen LogP contribution in [0.15, 0.2) is 30.5 Å². The van der Waals surface area contributed by atoms with Gasteiger partial charge in [-0.05, 0) is 19.1 Å². The first kappa shape index (κ1) is 19.0. The van der Waals surface area contributed by atoms with Crippen LogP contribution >= 0.6 is 0 Å². The van der Waals surface area contributed by atoms with E-state index < -0.39 is 0 Å². The van der Waals surface area contributed by atoms with Crippen LogP contribution in [0.2, 0.25) is 0 Å². The molecule has 0 radical (unpaired) electrons. The number of aryl methyl sites for hydroxylation is 1. The number of nitrogens with one attached hydrogen (secondary N) is 1. The van der Waals surface area contributed by atoms with Gasteiger partial charge < -0.3 is 14.6 Å². The number of carbonyl (C=O) groups is 1. The van der Waals surface area contributed by atoms with Gasteiger partial charge in [-0.2, -0.15) is 0 Å². The molecule has 7 heteroatoms. The van der Waals surface area contributed by atoms with Crippen molar-refractivity contribution in [1.82, 2.24) is 19.9 Å². The molecule has 142 valence electrons. The van der Waals surface area contributed by atoms with E-state index in [9.17, 15) is 9.18 Å². The van der Waals surface area contributed by atoms with E-state index in [-0.39, 0.29) is 11.7 Å². The number of H-pyrrole nitrogens is 1. The zero-order chi connectivity index (χ0) is 19.4. The predicted molar refractivity (Wildman–Crippen MR) is 102 cm³/mol. The molecule has 6 nitrogen and oxygen atoms in total. The van der Waals surface area contributed by atoms with Gasteiger partial charge in [-0.1, -0.05) is 26.0 Å². The number of ether oxygens (including phenoxy) is 1. The largest absolute Gasteiger partial charge is 0.378 e. The Kier molecular flexibility index (Phi) is 5.81. The third-order valence-corrected chi connectivity index (χ3v) is 4.42. The van der Waals surface area contributed by atoms with Crippen LogP contribution in [0.4, 0.5) is 4.39 Å². The molecular weight excluding hydrogens is 347 g/mol. The van der Waals surface area contributed by atoms with Gasteiger partial charge in [0.05, 0.1) is 24.9 Å². The van der Waals surface area contributed by atoms with Gasteiger partial charge in [0.25, 0.3) is 5.91 Å². The lowest BCUT2D eigenvalue weighted by atomic mass is 10.1. The summed E-state index contributed by atoms with van der Waals surface area (Å²) in [6, 6.07) is 7.22. The molecule has 0 atom stereocenters. The highest BCUT2D eigenvalue weighted by Crippen LogP contribution is 2.23. The van der Waals surface area contributed by atoms with Crippen molar-refractivity contribution in [3.8, 4) is 11.4 Å². The number of aromatic amines is 1. The molecule has 1 aliphatic rings. The summed E-state index contributed by atoms with van der Waals surface area (Å²) in [5.41, 5.74) is 2.99. The first-order valence-electron chi connectivity index (χ1n) is 9.12. The van der Waals surface area contributed by atoms with E-state index in [0.29, 0.717) is 54.4 Å². The van der Waals surface area contributed by atoms with Crippen LogP contribution < -0.4 is 0 Å². The van der Waals surface area contributed by atoms with Gasteiger partial charge >= 0.3 is 0 Å². The number of amides is 1. The summed E-state index contributed by atoms with van der Waals surface area (Å²) in [6.07, 6.45) is 1.17. The van der Waals surface area contributed by atoms with Gasteiger partial charge in [0.1, 0.15) is 11.6 Å². The minimum absolute atomic E-state index is 0.000891. The van der Waals surface area contributed by atoms with E-state index in [1.165, 1.54) is 6.20 Å². The smallest absolute Gasteiger partial charge is 0.254 e. The fourth-order valence-electron chi connectivity index (χ4n) is 2.91. The first-order valence-corrected chi connectivity index (χ1v) is 9.12. The summed E-state index contributed by atoms with van der Waals surface area (Å²) in [5.74, 6) is 0.231. The number of hydrogen-bond donors (Lipinski definition) is 1. The summed E-state index contributed by atoms with van der Waals surface area (Å²) in [7, 11) is 0. The number of halogens is 1. The molecule has 1 aliphatic heterocycles. The monoisotopic (exact) mass is 370 g/mol. The average Bonchev–Trinajstić information content (AvgIpc) is 3.18. The first-order chi connectivity index (χ1) is 13.1. The van der Waals surface area contributed by atoms with Crippen molar-refractivity contribution in [2.24, 2.45) is 0 Å². The standard InChI is InChI=1S/C18H17FN4O2.C2H6/c1-11-14(19)10-20-17-15(11)21-16(22-17)12-2-4-13(5-3-12)18(24)23-6-8-25-9-7-23;1-2/h2-5,10H,6-9H2,1H3,(H,20,21,22);1-2H3. The van der Waals surface area contributed by atoms with Crippen molar-refractivity contribution >= 4 is 17.1 Å². The number of morpholine rings is 1. The van der Waals surface area contributed by atoms with Crippen LogP contribution in [0.25, 0.3) is 22.6 Å². The maximum absolute atomic E-state index is 13.6. The maximum Gasteiger partial charge on any atom is 0.254 e. The quantitative estimate of drug-likeness (QED) is 0.749. The van der Waals surface area contributed by atoms with Crippen molar-refractivity contribution in [3.05, 3.63) is 47.4 Å². The second kappa shape index (κ2) is 8.26. The van der Waals surface area contributed by atoms with Crippen molar-refractivity contribution in [3.63, 3.8) is 0 Å². The molecule has 0 bridgehead atoms. The Labute approximate surface area is 157 Å². The number of nitrogens with zero attached hydrogens (tertiary/aromatic N) is 3. The van der Waals surface area contributed by atoms with E-state index >= 15 is 0 Å². The Morgan fingerprint density at radius 3 is 2.52 bits per heavy atom. The van der Waals surface area contributed by atoms with Gasteiger partial charge in [0.15, 0.2) is 5.65 Å². The number of aromatic nitrogens is 3. The van der Waals surface area contributed by atoms with Gasteiger partial charge in [-0.3, -0.25) is 4.79 Å². The molecule has 0 unspecified atom stereocenters. The summed E-state index contributed by atoms with van der Waals surface area (Å²) >= 11 is 0. The minimum atomic E-state index is -0.367. The van der Waals surface area contributed by atoms with Gasteiger partial charge in [-0.25, -0.2) is 14.4 Å². The average molecular weight is 370 g/mol. The van der Waals surface area contributed by atoms with Gasteiger partial charge in [-0.15, -0.1) is 0 Å². The van der Waals surface area contributed by atoms with Crippen LogP contribution in [0.1, 0.15) is 29.8 Å². The van der Waals surface area contributed by atoms with Crippen LogP contribution in [0, 0.1) is 12.7 Å². The van der Waals surface area contributed by atoms with E-state index in [1.807, 2.05) is 26.0 Å². The Balaban J connectivity index is 0.00000102. The minimum Gasteiger partial charge on any atom is -0.378 e. The zero-order valence-electron chi connectivity index (χ0n) is 15.8. The fourth-order valence-corrected chi connectivity index (χ4v) is 2.91. The molecule has 1 aromatic carbocycles. The van der Waals surface area contributed by atoms with Crippen molar-refractivity contribution < 1.29 is 13.9 Å². The van der Waals surface area contributed by atoms with Crippen molar-refractivity contribution in [1.29, 1.82) is 0 Å². The SMILES string of the molecule is CC.Cc1c(F)cnc2nc(-c3ccc(C(=O)N4CCOCC4)cc3)[nH]c12. The van der Waals surface area contributed by atoms with Gasteiger partial charge in [0, 0.05) is 29.8 Å². The van der Waals surface area contributed by atoms with Crippen LogP contribution in [0.3, 0.4) is 0 Å². The summed E-state index contributed by atoms with van der Waals surface area (Å²) in [5, 5.41) is 0. The summed E-state index contributed by atoms with van der Waals surface area (Å²) in [4.78, 5) is 25.8. The lowest BCUT2D eigenvalue weighted by molar-refractivity contribution is 0.0303. The number of hydrogen-bond acceptors (Lipinski definition) is 4. The number of benzene rings is 1. The topological polar surface area (TPSA) is 71.1 Å². The molecule has 0 saturated carbocycles. The molecule has 4 rings (SSSR count). The zero-order valence-corrected chi connectivity index (χ0v) is 15.8. The molecule has 1 amide bonds. The Bertz CT molecular complexity index is 931. The summed E-state index contributed by atoms with van der Waals surface area (Å²) < 4.78 is 18.9. The van der Waals surface area contributed by atoms with E-state index in [0.717, 1.165) is 5.56 Å². The van der Waals surface area contributed by atoms with Crippen LogP contribution in [-0.4, -0.2) is 52.1 Å². The fraction of sp³-hybridized carbons (Fsp3) is 0.350. The highest BCUT2D eigenvalue weighted by Gasteiger charge is 2.18. The molecule has 27 heavy (non-hydrogen) atoms. The highest BCUT2D eigenvalue weighted by atomic mass is 19.1. The Morgan fingerprint density at radius 2 is 1.85 bits per heavy atom. The molecule has 3 aromatic rings. The second-order valence-electron chi connectivity index (χ2n) is 6.00. The number of fused-ring (bicyclic) bond motifs is 1. The van der Waals surface area contributed by atoms with E-state index in [2.05, 4.69) is 15.0 Å². The lowest BCUT2D eigenvalue weighted by Gasteiger charge is -2.26. The number of imidazole rings is 1. The molecule has 2 aromatic heterocycles. The molecule has 3 heterocycles. The van der Waals surface area contributed by atoms with Crippen molar-refractivity contribution in [2.45, 2.75) is 20.8 Å². The number of pyridine rings is 1. The lowest BCUT2D eigenvalue weighted by Crippen LogP contribution is -2.40. The molecule has 1 saturated heterocycles. The maximum atomic E-state index is 13.6. The normalized spacial score (nSPS) is 14.0. The molecule has 1 N–H and O–H groups in total. The van der Waals surface area contributed by atoms with E-state index in [1.54, 1.807) is 24.0 Å². The molecule has 1 fully saturated rings. The molecule has 0 spiro atoms. The Hall–Kier alpha value is -2.80. The van der Waals surface area contributed by atoms with Crippen LogP contribution in [-0.2, 0) is 4.74 Å². The highest BCUT2D eigenvalue weighted by molar-refractivity contribution is 5.94. The van der Waals surface area contributed by atoms with Crippen LogP contribution in [0.5, 0.6) is 0 Å². The number of rotatable bonds is 2. The third kappa shape index (κ3) is 3.83. The number of carbonyl (C=O) groups excluding carboxylic acids is 1. The Morgan fingerprint density at radius 1 is 1.19 bits per heavy atom. The third-order valence-electron chi connectivity index (χ3n) is 4.42. The second-order valence-corrected chi connectivity index (χ2v) is 6.00. The van der Waals surface area contributed by atoms with E-state index in [4.69, 9.17) is 4.74 Å². The summed E-state index contributed by atoms with van der Waals surface area (Å²) in [6.45, 7) is 8.06.